The predicted octanol–water partition coefficient (Wildman–Crippen LogP) is 5.24. The fourth-order valence-corrected chi connectivity index (χ4v) is 2.39. The number of alkyl halides is 3. The van der Waals surface area contributed by atoms with E-state index in [1.807, 2.05) is 6.07 Å². The van der Waals surface area contributed by atoms with Gasteiger partial charge in [0.1, 0.15) is 0 Å². The molecule has 0 radical (unpaired) electrons. The number of rotatable bonds is 3. The Morgan fingerprint density at radius 2 is 1.85 bits per heavy atom. The van der Waals surface area contributed by atoms with Crippen LogP contribution in [0.5, 0.6) is 0 Å². The molecule has 7 heteroatoms. The number of hydrogen-bond acceptors (Lipinski definition) is 2. The van der Waals surface area contributed by atoms with E-state index in [0.717, 1.165) is 22.2 Å². The van der Waals surface area contributed by atoms with Crippen LogP contribution in [0.25, 0.3) is 0 Å². The maximum absolute atomic E-state index is 12.7. The third-order valence-electron chi connectivity index (χ3n) is 2.54. The summed E-state index contributed by atoms with van der Waals surface area (Å²) in [6, 6.07) is 5.34. The summed E-state index contributed by atoms with van der Waals surface area (Å²) in [7, 11) is 0. The molecule has 0 atom stereocenters. The highest BCUT2D eigenvalue weighted by Gasteiger charge is 2.30. The van der Waals surface area contributed by atoms with E-state index in [0.29, 0.717) is 16.7 Å². The largest absolute Gasteiger partial charge is 0.416 e. The average molecular weight is 410 g/mol. The van der Waals surface area contributed by atoms with E-state index in [2.05, 4.69) is 42.2 Å². The van der Waals surface area contributed by atoms with E-state index in [4.69, 9.17) is 0 Å². The van der Waals surface area contributed by atoms with Crippen molar-refractivity contribution in [3.05, 3.63) is 56.7 Å². The van der Waals surface area contributed by atoms with Crippen molar-refractivity contribution in [3.63, 3.8) is 0 Å². The van der Waals surface area contributed by atoms with Gasteiger partial charge in [-0.3, -0.25) is 4.98 Å². The van der Waals surface area contributed by atoms with E-state index < -0.39 is 11.7 Å². The zero-order valence-corrected chi connectivity index (χ0v) is 13.2. The third-order valence-corrected chi connectivity index (χ3v) is 3.66. The van der Waals surface area contributed by atoms with Gasteiger partial charge in [0.05, 0.1) is 5.56 Å². The molecule has 0 bridgehead atoms. The maximum atomic E-state index is 12.7. The SMILES string of the molecule is FC(F)(F)c1ccc(Br)c(NCc2cncc(Br)c2)c1. The molecule has 1 aromatic heterocycles. The summed E-state index contributed by atoms with van der Waals surface area (Å²) < 4.78 is 39.4. The van der Waals surface area contributed by atoms with Gasteiger partial charge in [0.2, 0.25) is 0 Å². The van der Waals surface area contributed by atoms with Crippen molar-refractivity contribution in [3.8, 4) is 0 Å². The Hall–Kier alpha value is -1.08. The number of pyridine rings is 1. The molecule has 0 aliphatic rings. The van der Waals surface area contributed by atoms with Crippen molar-refractivity contribution in [2.45, 2.75) is 12.7 Å². The van der Waals surface area contributed by atoms with Crippen LogP contribution in [-0.4, -0.2) is 4.98 Å². The monoisotopic (exact) mass is 408 g/mol. The molecular formula is C13H9Br2F3N2. The number of nitrogens with zero attached hydrogens (tertiary/aromatic N) is 1. The molecule has 0 aliphatic carbocycles. The molecule has 2 aromatic rings. The Morgan fingerprint density at radius 1 is 1.10 bits per heavy atom. The van der Waals surface area contributed by atoms with Crippen molar-refractivity contribution in [1.29, 1.82) is 0 Å². The molecule has 106 valence electrons. The number of benzene rings is 1. The van der Waals surface area contributed by atoms with Crippen molar-refractivity contribution in [2.75, 3.05) is 5.32 Å². The third kappa shape index (κ3) is 3.96. The Bertz CT molecular complexity index is 615. The van der Waals surface area contributed by atoms with Gasteiger partial charge in [-0.15, -0.1) is 0 Å². The lowest BCUT2D eigenvalue weighted by molar-refractivity contribution is -0.137. The molecule has 20 heavy (non-hydrogen) atoms. The standard InChI is InChI=1S/C13H9Br2F3N2/c14-10-3-8(5-19-7-10)6-20-12-4-9(13(16,17)18)1-2-11(12)15/h1-5,7,20H,6H2. The molecule has 0 spiro atoms. The Balaban J connectivity index is 2.17. The van der Waals surface area contributed by atoms with Gasteiger partial charge in [0.15, 0.2) is 0 Å². The van der Waals surface area contributed by atoms with Crippen molar-refractivity contribution >= 4 is 37.5 Å². The van der Waals surface area contributed by atoms with Crippen LogP contribution in [0, 0.1) is 0 Å². The van der Waals surface area contributed by atoms with Crippen LogP contribution in [0.1, 0.15) is 11.1 Å². The quantitative estimate of drug-likeness (QED) is 0.749. The Morgan fingerprint density at radius 3 is 2.50 bits per heavy atom. The fourth-order valence-electron chi connectivity index (χ4n) is 1.59. The number of anilines is 1. The minimum Gasteiger partial charge on any atom is -0.380 e. The second-order valence-corrected chi connectivity index (χ2v) is 5.83. The van der Waals surface area contributed by atoms with Crippen LogP contribution >= 0.6 is 31.9 Å². The molecule has 0 unspecified atom stereocenters. The molecule has 0 aliphatic heterocycles. The van der Waals surface area contributed by atoms with Gasteiger partial charge < -0.3 is 5.32 Å². The first-order valence-electron chi connectivity index (χ1n) is 5.56. The lowest BCUT2D eigenvalue weighted by Crippen LogP contribution is -2.07. The van der Waals surface area contributed by atoms with Gasteiger partial charge in [-0.05, 0) is 61.7 Å². The molecule has 0 amide bonds. The van der Waals surface area contributed by atoms with Gasteiger partial charge in [0, 0.05) is 33.6 Å². The minimum absolute atomic E-state index is 0.381. The van der Waals surface area contributed by atoms with E-state index in [1.54, 1.807) is 12.4 Å². The number of halogens is 5. The molecule has 0 fully saturated rings. The van der Waals surface area contributed by atoms with Crippen LogP contribution in [0.3, 0.4) is 0 Å². The van der Waals surface area contributed by atoms with Crippen molar-refractivity contribution in [1.82, 2.24) is 4.98 Å². The summed E-state index contributed by atoms with van der Waals surface area (Å²) in [6.45, 7) is 0.381. The predicted molar refractivity (Wildman–Crippen MR) is 78.4 cm³/mol. The van der Waals surface area contributed by atoms with Gasteiger partial charge >= 0.3 is 6.18 Å². The van der Waals surface area contributed by atoms with Gasteiger partial charge in [-0.25, -0.2) is 0 Å². The molecule has 1 aromatic carbocycles. The highest BCUT2D eigenvalue weighted by molar-refractivity contribution is 9.10. The van der Waals surface area contributed by atoms with E-state index in [1.165, 1.54) is 6.07 Å². The summed E-state index contributed by atoms with van der Waals surface area (Å²) in [5.74, 6) is 0. The zero-order chi connectivity index (χ0) is 14.8. The number of hydrogen-bond donors (Lipinski definition) is 1. The molecule has 0 saturated carbocycles. The molecular weight excluding hydrogens is 401 g/mol. The summed E-state index contributed by atoms with van der Waals surface area (Å²) in [5.41, 5.74) is 0.569. The summed E-state index contributed by atoms with van der Waals surface area (Å²) in [4.78, 5) is 4.00. The van der Waals surface area contributed by atoms with Crippen LogP contribution < -0.4 is 5.32 Å². The number of nitrogens with one attached hydrogen (secondary N) is 1. The second-order valence-electron chi connectivity index (χ2n) is 4.06. The van der Waals surface area contributed by atoms with Crippen LogP contribution in [0.2, 0.25) is 0 Å². The fraction of sp³-hybridized carbons (Fsp3) is 0.154. The van der Waals surface area contributed by atoms with Gasteiger partial charge in [-0.1, -0.05) is 0 Å². The average Bonchev–Trinajstić information content (AvgIpc) is 2.36. The molecule has 0 saturated heterocycles. The number of aromatic nitrogens is 1. The first-order valence-corrected chi connectivity index (χ1v) is 7.15. The normalized spacial score (nSPS) is 11.4. The lowest BCUT2D eigenvalue weighted by atomic mass is 10.2. The second kappa shape index (κ2) is 6.13. The van der Waals surface area contributed by atoms with Crippen molar-refractivity contribution < 1.29 is 13.2 Å². The van der Waals surface area contributed by atoms with Crippen LogP contribution in [-0.2, 0) is 12.7 Å². The first-order chi connectivity index (χ1) is 9.36. The molecule has 2 nitrogen and oxygen atoms in total. The molecule has 1 N–H and O–H groups in total. The van der Waals surface area contributed by atoms with E-state index in [9.17, 15) is 13.2 Å². The highest BCUT2D eigenvalue weighted by Crippen LogP contribution is 2.34. The highest BCUT2D eigenvalue weighted by atomic mass is 79.9. The molecule has 1 heterocycles. The Labute approximate surface area is 130 Å². The summed E-state index contributed by atoms with van der Waals surface area (Å²) in [5, 5.41) is 2.96. The van der Waals surface area contributed by atoms with E-state index in [-0.39, 0.29) is 0 Å². The van der Waals surface area contributed by atoms with Gasteiger partial charge in [-0.2, -0.15) is 13.2 Å². The maximum Gasteiger partial charge on any atom is 0.416 e. The van der Waals surface area contributed by atoms with Crippen LogP contribution in [0.4, 0.5) is 18.9 Å². The van der Waals surface area contributed by atoms with Crippen LogP contribution in [0.15, 0.2) is 45.6 Å². The smallest absolute Gasteiger partial charge is 0.380 e. The lowest BCUT2D eigenvalue weighted by Gasteiger charge is -2.12. The molecule has 2 rings (SSSR count). The summed E-state index contributed by atoms with van der Waals surface area (Å²) in [6.07, 6.45) is -1.06. The topological polar surface area (TPSA) is 24.9 Å². The van der Waals surface area contributed by atoms with Crippen molar-refractivity contribution in [2.24, 2.45) is 0 Å². The minimum atomic E-state index is -4.35. The Kier molecular flexibility index (Phi) is 4.70. The van der Waals surface area contributed by atoms with Gasteiger partial charge in [0.25, 0.3) is 0 Å². The summed E-state index contributed by atoms with van der Waals surface area (Å²) >= 11 is 6.52. The first kappa shape index (κ1) is 15.3. The zero-order valence-electron chi connectivity index (χ0n) is 10.0. The van der Waals surface area contributed by atoms with E-state index >= 15 is 0 Å².